The van der Waals surface area contributed by atoms with Gasteiger partial charge < -0.3 is 14.4 Å². The SMILES string of the molecule is CCN(CC)CCc1ccc(OCCCN2CCOCC2)cc1. The van der Waals surface area contributed by atoms with Gasteiger partial charge in [-0.2, -0.15) is 0 Å². The van der Waals surface area contributed by atoms with Crippen LogP contribution in [0.1, 0.15) is 25.8 Å². The highest BCUT2D eigenvalue weighted by Gasteiger charge is 2.09. The third-order valence-electron chi connectivity index (χ3n) is 4.53. The predicted molar refractivity (Wildman–Crippen MR) is 95.3 cm³/mol. The molecule has 1 fully saturated rings. The number of ether oxygens (including phenoxy) is 2. The van der Waals surface area contributed by atoms with E-state index in [0.717, 1.165) is 77.7 Å². The van der Waals surface area contributed by atoms with Gasteiger partial charge in [-0.1, -0.05) is 26.0 Å². The average molecular weight is 320 g/mol. The molecular formula is C19H32N2O2. The number of likely N-dealkylation sites (N-methyl/N-ethyl adjacent to an activating group) is 1. The summed E-state index contributed by atoms with van der Waals surface area (Å²) < 4.78 is 11.2. The van der Waals surface area contributed by atoms with Gasteiger partial charge in [-0.3, -0.25) is 4.90 Å². The van der Waals surface area contributed by atoms with E-state index in [0.29, 0.717) is 0 Å². The Balaban J connectivity index is 1.62. The fourth-order valence-corrected chi connectivity index (χ4v) is 2.88. The lowest BCUT2D eigenvalue weighted by Crippen LogP contribution is -2.37. The van der Waals surface area contributed by atoms with Crippen molar-refractivity contribution in [2.45, 2.75) is 26.7 Å². The van der Waals surface area contributed by atoms with E-state index in [1.54, 1.807) is 0 Å². The van der Waals surface area contributed by atoms with E-state index in [1.807, 2.05) is 0 Å². The molecule has 0 N–H and O–H groups in total. The first-order chi connectivity index (χ1) is 11.3. The monoisotopic (exact) mass is 320 g/mol. The maximum Gasteiger partial charge on any atom is 0.119 e. The Bertz CT molecular complexity index is 412. The summed E-state index contributed by atoms with van der Waals surface area (Å²) >= 11 is 0. The summed E-state index contributed by atoms with van der Waals surface area (Å²) in [5, 5.41) is 0. The van der Waals surface area contributed by atoms with Gasteiger partial charge in [0.15, 0.2) is 0 Å². The molecule has 0 saturated carbocycles. The van der Waals surface area contributed by atoms with E-state index in [-0.39, 0.29) is 0 Å². The van der Waals surface area contributed by atoms with Crippen LogP contribution in [0.25, 0.3) is 0 Å². The van der Waals surface area contributed by atoms with Crippen molar-refractivity contribution < 1.29 is 9.47 Å². The Morgan fingerprint density at radius 2 is 1.78 bits per heavy atom. The van der Waals surface area contributed by atoms with Crippen LogP contribution < -0.4 is 4.74 Å². The first-order valence-corrected chi connectivity index (χ1v) is 9.06. The molecule has 0 amide bonds. The molecule has 1 saturated heterocycles. The van der Waals surface area contributed by atoms with Crippen LogP contribution in [0.3, 0.4) is 0 Å². The van der Waals surface area contributed by atoms with Gasteiger partial charge in [0.1, 0.15) is 5.75 Å². The smallest absolute Gasteiger partial charge is 0.119 e. The Labute approximate surface area is 141 Å². The first-order valence-electron chi connectivity index (χ1n) is 9.06. The molecule has 0 atom stereocenters. The largest absolute Gasteiger partial charge is 0.494 e. The molecule has 0 spiro atoms. The molecule has 4 heteroatoms. The number of rotatable bonds is 10. The molecule has 0 radical (unpaired) electrons. The first kappa shape index (κ1) is 18.2. The number of nitrogens with zero attached hydrogens (tertiary/aromatic N) is 2. The van der Waals surface area contributed by atoms with Crippen LogP contribution in [-0.2, 0) is 11.2 Å². The Kier molecular flexibility index (Phi) is 8.43. The molecule has 0 bridgehead atoms. The molecule has 130 valence electrons. The van der Waals surface area contributed by atoms with Crippen molar-refractivity contribution in [2.75, 3.05) is 59.1 Å². The van der Waals surface area contributed by atoms with Crippen LogP contribution in [0.5, 0.6) is 5.75 Å². The van der Waals surface area contributed by atoms with Crippen molar-refractivity contribution in [1.82, 2.24) is 9.80 Å². The third-order valence-corrected chi connectivity index (χ3v) is 4.53. The van der Waals surface area contributed by atoms with Crippen LogP contribution in [0.4, 0.5) is 0 Å². The zero-order valence-corrected chi connectivity index (χ0v) is 14.8. The van der Waals surface area contributed by atoms with Gasteiger partial charge in [-0.15, -0.1) is 0 Å². The summed E-state index contributed by atoms with van der Waals surface area (Å²) in [6.07, 6.45) is 2.18. The lowest BCUT2D eigenvalue weighted by molar-refractivity contribution is 0.0358. The number of morpholine rings is 1. The lowest BCUT2D eigenvalue weighted by atomic mass is 10.1. The molecule has 23 heavy (non-hydrogen) atoms. The Morgan fingerprint density at radius 1 is 1.09 bits per heavy atom. The second-order valence-electron chi connectivity index (χ2n) is 6.08. The zero-order chi connectivity index (χ0) is 16.3. The molecule has 0 aromatic heterocycles. The number of hydrogen-bond acceptors (Lipinski definition) is 4. The average Bonchev–Trinajstić information content (AvgIpc) is 2.61. The molecule has 0 unspecified atom stereocenters. The highest BCUT2D eigenvalue weighted by molar-refractivity contribution is 5.27. The number of hydrogen-bond donors (Lipinski definition) is 0. The molecule has 4 nitrogen and oxygen atoms in total. The van der Waals surface area contributed by atoms with Gasteiger partial charge in [-0.25, -0.2) is 0 Å². The topological polar surface area (TPSA) is 24.9 Å². The zero-order valence-electron chi connectivity index (χ0n) is 14.8. The quantitative estimate of drug-likeness (QED) is 0.619. The number of benzene rings is 1. The summed E-state index contributed by atoms with van der Waals surface area (Å²) in [4.78, 5) is 4.90. The summed E-state index contributed by atoms with van der Waals surface area (Å²) in [5.74, 6) is 0.985. The van der Waals surface area contributed by atoms with E-state index in [4.69, 9.17) is 9.47 Å². The second kappa shape index (κ2) is 10.6. The van der Waals surface area contributed by atoms with Crippen molar-refractivity contribution in [3.63, 3.8) is 0 Å². The van der Waals surface area contributed by atoms with Crippen molar-refractivity contribution in [2.24, 2.45) is 0 Å². The summed E-state index contributed by atoms with van der Waals surface area (Å²) in [6.45, 7) is 13.6. The van der Waals surface area contributed by atoms with Gasteiger partial charge in [0.05, 0.1) is 19.8 Å². The highest BCUT2D eigenvalue weighted by Crippen LogP contribution is 2.13. The van der Waals surface area contributed by atoms with Crippen molar-refractivity contribution >= 4 is 0 Å². The molecule has 2 rings (SSSR count). The third kappa shape index (κ3) is 6.90. The standard InChI is InChI=1S/C19H32N2O2/c1-3-20(4-2)12-10-18-6-8-19(9-7-18)23-15-5-11-21-13-16-22-17-14-21/h6-9H,3-5,10-17H2,1-2H3. The van der Waals surface area contributed by atoms with Crippen LogP contribution >= 0.6 is 0 Å². The van der Waals surface area contributed by atoms with Gasteiger partial charge >= 0.3 is 0 Å². The van der Waals surface area contributed by atoms with Crippen LogP contribution in [-0.4, -0.2) is 68.9 Å². The molecule has 1 aliphatic rings. The van der Waals surface area contributed by atoms with Crippen molar-refractivity contribution in [3.8, 4) is 5.75 Å². The van der Waals surface area contributed by atoms with Gasteiger partial charge in [0.2, 0.25) is 0 Å². The predicted octanol–water partition coefficient (Wildman–Crippen LogP) is 2.67. The van der Waals surface area contributed by atoms with Crippen LogP contribution in [0.15, 0.2) is 24.3 Å². The summed E-state index contributed by atoms with van der Waals surface area (Å²) in [5.41, 5.74) is 1.39. The minimum atomic E-state index is 0.788. The second-order valence-corrected chi connectivity index (χ2v) is 6.08. The summed E-state index contributed by atoms with van der Waals surface area (Å²) in [6, 6.07) is 8.60. The van der Waals surface area contributed by atoms with E-state index in [9.17, 15) is 0 Å². The Hall–Kier alpha value is -1.10. The fraction of sp³-hybridized carbons (Fsp3) is 0.684. The van der Waals surface area contributed by atoms with E-state index in [2.05, 4.69) is 47.9 Å². The molecule has 1 aromatic rings. The minimum absolute atomic E-state index is 0.788. The van der Waals surface area contributed by atoms with Crippen LogP contribution in [0, 0.1) is 0 Å². The molecule has 0 aliphatic carbocycles. The lowest BCUT2D eigenvalue weighted by Gasteiger charge is -2.26. The summed E-state index contributed by atoms with van der Waals surface area (Å²) in [7, 11) is 0. The minimum Gasteiger partial charge on any atom is -0.494 e. The molecule has 1 aromatic carbocycles. The molecule has 1 heterocycles. The van der Waals surface area contributed by atoms with Crippen molar-refractivity contribution in [1.29, 1.82) is 0 Å². The van der Waals surface area contributed by atoms with E-state index in [1.165, 1.54) is 5.56 Å². The maximum absolute atomic E-state index is 5.85. The fourth-order valence-electron chi connectivity index (χ4n) is 2.88. The van der Waals surface area contributed by atoms with E-state index >= 15 is 0 Å². The van der Waals surface area contributed by atoms with Crippen LogP contribution in [0.2, 0.25) is 0 Å². The van der Waals surface area contributed by atoms with Gasteiger partial charge in [0.25, 0.3) is 0 Å². The van der Waals surface area contributed by atoms with E-state index < -0.39 is 0 Å². The van der Waals surface area contributed by atoms with Crippen molar-refractivity contribution in [3.05, 3.63) is 29.8 Å². The molecule has 1 aliphatic heterocycles. The maximum atomic E-state index is 5.85. The normalized spacial score (nSPS) is 16.0. The Morgan fingerprint density at radius 3 is 2.43 bits per heavy atom. The highest BCUT2D eigenvalue weighted by atomic mass is 16.5. The molecular weight excluding hydrogens is 288 g/mol. The van der Waals surface area contributed by atoms with Gasteiger partial charge in [-0.05, 0) is 43.6 Å². The van der Waals surface area contributed by atoms with Gasteiger partial charge in [0, 0.05) is 26.2 Å².